The number of likely N-dealkylation sites (tertiary alicyclic amines) is 1. The lowest BCUT2D eigenvalue weighted by molar-refractivity contribution is -0.120. The number of amidine groups is 1. The number of amides is 1. The van der Waals surface area contributed by atoms with Crippen molar-refractivity contribution in [3.05, 3.63) is 0 Å². The number of carbonyl (C=O) groups excluding carboxylic acids is 1. The number of nitrogens with zero attached hydrogens (tertiary/aromatic N) is 2. The van der Waals surface area contributed by atoms with Crippen molar-refractivity contribution in [3.63, 3.8) is 0 Å². The molecule has 16 heavy (non-hydrogen) atoms. The highest BCUT2D eigenvalue weighted by molar-refractivity contribution is 5.98. The largest absolute Gasteiger partial charge is 0.409 e. The summed E-state index contributed by atoms with van der Waals surface area (Å²) in [5, 5.41) is 13.8. The molecular formula is C10H20N4O2. The SMILES string of the molecule is NC(CC(=O)NCCN1CCCCC1)=NO. The summed E-state index contributed by atoms with van der Waals surface area (Å²) in [6.07, 6.45) is 3.76. The Balaban J connectivity index is 2.07. The van der Waals surface area contributed by atoms with Gasteiger partial charge in [0, 0.05) is 13.1 Å². The van der Waals surface area contributed by atoms with E-state index < -0.39 is 0 Å². The first-order chi connectivity index (χ1) is 7.72. The molecule has 0 radical (unpaired) electrons. The van der Waals surface area contributed by atoms with Crippen molar-refractivity contribution >= 4 is 11.7 Å². The molecule has 1 rings (SSSR count). The number of nitrogens with one attached hydrogen (secondary N) is 1. The number of nitrogens with two attached hydrogens (primary N) is 1. The van der Waals surface area contributed by atoms with Crippen LogP contribution in [-0.4, -0.2) is 48.0 Å². The van der Waals surface area contributed by atoms with Gasteiger partial charge < -0.3 is 21.2 Å². The highest BCUT2D eigenvalue weighted by Gasteiger charge is 2.10. The van der Waals surface area contributed by atoms with E-state index in [1.54, 1.807) is 0 Å². The monoisotopic (exact) mass is 228 g/mol. The van der Waals surface area contributed by atoms with Crippen LogP contribution in [0.2, 0.25) is 0 Å². The number of rotatable bonds is 5. The third-order valence-electron chi connectivity index (χ3n) is 2.67. The Kier molecular flexibility index (Phi) is 5.63. The molecule has 4 N–H and O–H groups in total. The van der Waals surface area contributed by atoms with Crippen molar-refractivity contribution in [2.45, 2.75) is 25.7 Å². The van der Waals surface area contributed by atoms with Gasteiger partial charge in [-0.3, -0.25) is 4.79 Å². The van der Waals surface area contributed by atoms with Crippen LogP contribution in [0.25, 0.3) is 0 Å². The van der Waals surface area contributed by atoms with Crippen molar-refractivity contribution in [2.75, 3.05) is 26.2 Å². The van der Waals surface area contributed by atoms with Crippen LogP contribution in [0.4, 0.5) is 0 Å². The molecule has 0 saturated carbocycles. The second kappa shape index (κ2) is 7.05. The summed E-state index contributed by atoms with van der Waals surface area (Å²) in [5.74, 6) is -0.261. The number of hydrogen-bond acceptors (Lipinski definition) is 4. The Morgan fingerprint density at radius 3 is 2.69 bits per heavy atom. The van der Waals surface area contributed by atoms with Gasteiger partial charge in [-0.15, -0.1) is 0 Å². The van der Waals surface area contributed by atoms with Crippen LogP contribution >= 0.6 is 0 Å². The van der Waals surface area contributed by atoms with Gasteiger partial charge in [-0.25, -0.2) is 0 Å². The Bertz CT molecular complexity index is 249. The molecule has 1 saturated heterocycles. The molecule has 6 nitrogen and oxygen atoms in total. The zero-order chi connectivity index (χ0) is 11.8. The first-order valence-electron chi connectivity index (χ1n) is 5.68. The van der Waals surface area contributed by atoms with Crippen molar-refractivity contribution in [3.8, 4) is 0 Å². The van der Waals surface area contributed by atoms with Gasteiger partial charge in [0.2, 0.25) is 5.91 Å². The minimum atomic E-state index is -0.202. The minimum Gasteiger partial charge on any atom is -0.409 e. The summed E-state index contributed by atoms with van der Waals surface area (Å²) in [6, 6.07) is 0. The lowest BCUT2D eigenvalue weighted by Crippen LogP contribution is -2.38. The normalized spacial score (nSPS) is 18.4. The van der Waals surface area contributed by atoms with Gasteiger partial charge in [-0.1, -0.05) is 11.6 Å². The maximum Gasteiger partial charge on any atom is 0.227 e. The van der Waals surface area contributed by atoms with Gasteiger partial charge in [-0.2, -0.15) is 0 Å². The topological polar surface area (TPSA) is 91.0 Å². The second-order valence-electron chi connectivity index (χ2n) is 4.02. The molecular weight excluding hydrogens is 208 g/mol. The lowest BCUT2D eigenvalue weighted by Gasteiger charge is -2.26. The average molecular weight is 228 g/mol. The molecule has 0 bridgehead atoms. The van der Waals surface area contributed by atoms with Gasteiger partial charge in [0.05, 0.1) is 6.42 Å². The van der Waals surface area contributed by atoms with Crippen molar-refractivity contribution in [1.29, 1.82) is 0 Å². The van der Waals surface area contributed by atoms with E-state index >= 15 is 0 Å². The third-order valence-corrected chi connectivity index (χ3v) is 2.67. The molecule has 6 heteroatoms. The van der Waals surface area contributed by atoms with Crippen molar-refractivity contribution in [1.82, 2.24) is 10.2 Å². The molecule has 92 valence electrons. The van der Waals surface area contributed by atoms with Crippen LogP contribution in [0.3, 0.4) is 0 Å². The molecule has 0 aliphatic carbocycles. The summed E-state index contributed by atoms with van der Waals surface area (Å²) in [6.45, 7) is 3.74. The second-order valence-corrected chi connectivity index (χ2v) is 4.02. The fourth-order valence-corrected chi connectivity index (χ4v) is 1.80. The van der Waals surface area contributed by atoms with Crippen LogP contribution in [0.5, 0.6) is 0 Å². The van der Waals surface area contributed by atoms with E-state index in [0.29, 0.717) is 6.54 Å². The summed E-state index contributed by atoms with van der Waals surface area (Å²) >= 11 is 0. The first kappa shape index (κ1) is 12.8. The lowest BCUT2D eigenvalue weighted by atomic mass is 10.1. The first-order valence-corrected chi connectivity index (χ1v) is 5.68. The number of piperidine rings is 1. The molecule has 0 aromatic carbocycles. The maximum atomic E-state index is 11.3. The molecule has 0 aromatic rings. The molecule has 1 aliphatic heterocycles. The molecule has 1 heterocycles. The predicted octanol–water partition coefficient (Wildman–Crippen LogP) is -0.275. The summed E-state index contributed by atoms with van der Waals surface area (Å²) in [7, 11) is 0. The van der Waals surface area contributed by atoms with Crippen molar-refractivity contribution < 1.29 is 10.0 Å². The standard InChI is InChI=1S/C10H20N4O2/c11-9(13-16)8-10(15)12-4-7-14-5-2-1-3-6-14/h16H,1-8H2,(H2,11,13)(H,12,15). The molecule has 0 atom stereocenters. The summed E-state index contributed by atoms with van der Waals surface area (Å²) < 4.78 is 0. The minimum absolute atomic E-state index is 0.0451. The fourth-order valence-electron chi connectivity index (χ4n) is 1.80. The average Bonchev–Trinajstić information content (AvgIpc) is 2.30. The van der Waals surface area contributed by atoms with Crippen molar-refractivity contribution in [2.24, 2.45) is 10.9 Å². The number of hydrogen-bond donors (Lipinski definition) is 3. The van der Waals surface area contributed by atoms with Crippen LogP contribution in [0.15, 0.2) is 5.16 Å². The van der Waals surface area contributed by atoms with E-state index in [1.165, 1.54) is 19.3 Å². The molecule has 1 amide bonds. The smallest absolute Gasteiger partial charge is 0.227 e. The van der Waals surface area contributed by atoms with Gasteiger partial charge in [0.15, 0.2) is 0 Å². The predicted molar refractivity (Wildman–Crippen MR) is 61.3 cm³/mol. The van der Waals surface area contributed by atoms with Crippen LogP contribution in [-0.2, 0) is 4.79 Å². The highest BCUT2D eigenvalue weighted by Crippen LogP contribution is 2.07. The van der Waals surface area contributed by atoms with Gasteiger partial charge >= 0.3 is 0 Å². The van der Waals surface area contributed by atoms with E-state index in [9.17, 15) is 4.79 Å². The Morgan fingerprint density at radius 1 is 1.38 bits per heavy atom. The quantitative estimate of drug-likeness (QED) is 0.261. The van der Waals surface area contributed by atoms with Gasteiger partial charge in [-0.05, 0) is 25.9 Å². The van der Waals surface area contributed by atoms with E-state index in [1.807, 2.05) is 0 Å². The number of carbonyl (C=O) groups is 1. The third kappa shape index (κ3) is 4.97. The van der Waals surface area contributed by atoms with E-state index in [4.69, 9.17) is 10.9 Å². The highest BCUT2D eigenvalue weighted by atomic mass is 16.4. The summed E-state index contributed by atoms with van der Waals surface area (Å²) in [5.41, 5.74) is 5.22. The van der Waals surface area contributed by atoms with E-state index in [0.717, 1.165) is 19.6 Å². The van der Waals surface area contributed by atoms with Crippen LogP contribution < -0.4 is 11.1 Å². The maximum absolute atomic E-state index is 11.3. The molecule has 0 spiro atoms. The van der Waals surface area contributed by atoms with E-state index in [-0.39, 0.29) is 18.2 Å². The number of oxime groups is 1. The molecule has 1 fully saturated rings. The Hall–Kier alpha value is -1.30. The van der Waals surface area contributed by atoms with Crippen LogP contribution in [0.1, 0.15) is 25.7 Å². The zero-order valence-electron chi connectivity index (χ0n) is 9.48. The molecule has 0 aromatic heterocycles. The Morgan fingerprint density at radius 2 is 2.06 bits per heavy atom. The van der Waals surface area contributed by atoms with Crippen LogP contribution in [0, 0.1) is 0 Å². The van der Waals surface area contributed by atoms with Gasteiger partial charge in [0.1, 0.15) is 5.84 Å². The fraction of sp³-hybridized carbons (Fsp3) is 0.800. The van der Waals surface area contributed by atoms with Gasteiger partial charge in [0.25, 0.3) is 0 Å². The Labute approximate surface area is 95.5 Å². The molecule has 1 aliphatic rings. The van der Waals surface area contributed by atoms with E-state index in [2.05, 4.69) is 15.4 Å². The summed E-state index contributed by atoms with van der Waals surface area (Å²) in [4.78, 5) is 13.6. The zero-order valence-corrected chi connectivity index (χ0v) is 9.48. The molecule has 0 unspecified atom stereocenters.